The average Bonchev–Trinajstić information content (AvgIpc) is 2.72. The van der Waals surface area contributed by atoms with Crippen molar-refractivity contribution >= 4 is 33.6 Å². The molecule has 29 heavy (non-hydrogen) atoms. The minimum absolute atomic E-state index is 0.0844. The minimum atomic E-state index is -3.82. The molecule has 0 saturated heterocycles. The molecule has 3 rings (SSSR count). The zero-order valence-electron chi connectivity index (χ0n) is 15.8. The molecule has 0 aromatic heterocycles. The van der Waals surface area contributed by atoms with Crippen LogP contribution in [0.1, 0.15) is 5.56 Å². The standard InChI is InChI=1S/C20H21N3O5S/c1-22(29(26,27)12-11-15-7-3-2-4-8-15)14-19(24)23-13-18(20(21)25)28-17-10-6-5-9-16(17)23/h2-12,18H,13-14H2,1H3,(H2,21,25). The Morgan fingerprint density at radius 3 is 2.52 bits per heavy atom. The number of sulfonamides is 1. The second-order valence-electron chi connectivity index (χ2n) is 6.50. The molecule has 0 saturated carbocycles. The second-order valence-corrected chi connectivity index (χ2v) is 8.42. The third-order valence-electron chi connectivity index (χ3n) is 4.42. The monoisotopic (exact) mass is 415 g/mol. The molecule has 1 aliphatic rings. The maximum absolute atomic E-state index is 12.8. The van der Waals surface area contributed by atoms with Crippen molar-refractivity contribution in [2.45, 2.75) is 6.10 Å². The number of anilines is 1. The summed E-state index contributed by atoms with van der Waals surface area (Å²) in [6.45, 7) is -0.486. The van der Waals surface area contributed by atoms with Crippen LogP contribution in [0.2, 0.25) is 0 Å². The summed E-state index contributed by atoms with van der Waals surface area (Å²) in [7, 11) is -2.50. The van der Waals surface area contributed by atoms with Crippen molar-refractivity contribution in [3.8, 4) is 5.75 Å². The summed E-state index contributed by atoms with van der Waals surface area (Å²) in [4.78, 5) is 25.7. The molecule has 2 N–H and O–H groups in total. The van der Waals surface area contributed by atoms with Gasteiger partial charge >= 0.3 is 0 Å². The van der Waals surface area contributed by atoms with Crippen molar-refractivity contribution < 1.29 is 22.7 Å². The van der Waals surface area contributed by atoms with Gasteiger partial charge in [-0.2, -0.15) is 4.31 Å². The third kappa shape index (κ3) is 4.82. The van der Waals surface area contributed by atoms with Crippen molar-refractivity contribution in [3.63, 3.8) is 0 Å². The number of primary amides is 1. The molecule has 2 aromatic rings. The van der Waals surface area contributed by atoms with Gasteiger partial charge in [0.2, 0.25) is 15.9 Å². The van der Waals surface area contributed by atoms with Crippen LogP contribution in [0.3, 0.4) is 0 Å². The van der Waals surface area contributed by atoms with Gasteiger partial charge in [0.1, 0.15) is 5.75 Å². The van der Waals surface area contributed by atoms with Crippen LogP contribution in [0.25, 0.3) is 6.08 Å². The number of para-hydroxylation sites is 2. The first-order valence-corrected chi connectivity index (χ1v) is 10.3. The summed E-state index contributed by atoms with van der Waals surface area (Å²) in [6.07, 6.45) is 0.456. The van der Waals surface area contributed by atoms with E-state index in [-0.39, 0.29) is 6.54 Å². The topological polar surface area (TPSA) is 110 Å². The third-order valence-corrected chi connectivity index (χ3v) is 5.89. The van der Waals surface area contributed by atoms with Crippen LogP contribution in [0.5, 0.6) is 5.75 Å². The van der Waals surface area contributed by atoms with Crippen LogP contribution in [0, 0.1) is 0 Å². The zero-order chi connectivity index (χ0) is 21.0. The Kier molecular flexibility index (Phi) is 6.00. The lowest BCUT2D eigenvalue weighted by Gasteiger charge is -2.34. The van der Waals surface area contributed by atoms with Crippen LogP contribution in [0.4, 0.5) is 5.69 Å². The van der Waals surface area contributed by atoms with E-state index in [1.807, 2.05) is 6.07 Å². The van der Waals surface area contributed by atoms with E-state index in [1.54, 1.807) is 48.5 Å². The lowest BCUT2D eigenvalue weighted by Crippen LogP contribution is -2.51. The summed E-state index contributed by atoms with van der Waals surface area (Å²) >= 11 is 0. The van der Waals surface area contributed by atoms with Gasteiger partial charge in [-0.05, 0) is 23.8 Å². The predicted molar refractivity (Wildman–Crippen MR) is 109 cm³/mol. The van der Waals surface area contributed by atoms with Gasteiger partial charge in [-0.1, -0.05) is 42.5 Å². The number of hydrogen-bond acceptors (Lipinski definition) is 5. The molecule has 1 atom stereocenters. The van der Waals surface area contributed by atoms with E-state index in [4.69, 9.17) is 10.5 Å². The Hall–Kier alpha value is -3.17. The summed E-state index contributed by atoms with van der Waals surface area (Å²) in [5, 5.41) is 1.05. The van der Waals surface area contributed by atoms with Gasteiger partial charge in [0.25, 0.3) is 5.91 Å². The number of likely N-dealkylation sites (N-methyl/N-ethyl adjacent to an activating group) is 1. The molecular formula is C20H21N3O5S. The molecule has 0 spiro atoms. The van der Waals surface area contributed by atoms with Crippen LogP contribution < -0.4 is 15.4 Å². The number of benzene rings is 2. The molecule has 1 aliphatic heterocycles. The first-order chi connectivity index (χ1) is 13.8. The number of carbonyl (C=O) groups excluding carboxylic acids is 2. The van der Waals surface area contributed by atoms with E-state index in [0.29, 0.717) is 11.4 Å². The van der Waals surface area contributed by atoms with E-state index < -0.39 is 34.5 Å². The molecule has 152 valence electrons. The normalized spacial score (nSPS) is 16.5. The summed E-state index contributed by atoms with van der Waals surface area (Å²) < 4.78 is 31.5. The average molecular weight is 415 g/mol. The first-order valence-electron chi connectivity index (χ1n) is 8.83. The van der Waals surface area contributed by atoms with Gasteiger partial charge in [-0.3, -0.25) is 9.59 Å². The van der Waals surface area contributed by atoms with E-state index >= 15 is 0 Å². The first kappa shape index (κ1) is 20.6. The van der Waals surface area contributed by atoms with Crippen molar-refractivity contribution in [2.75, 3.05) is 25.0 Å². The fourth-order valence-corrected chi connectivity index (χ4v) is 3.64. The highest BCUT2D eigenvalue weighted by Crippen LogP contribution is 2.33. The Labute approximate surface area is 169 Å². The molecular weight excluding hydrogens is 394 g/mol. The molecule has 8 nitrogen and oxygen atoms in total. The number of nitrogens with zero attached hydrogens (tertiary/aromatic N) is 2. The van der Waals surface area contributed by atoms with Crippen LogP contribution in [0.15, 0.2) is 60.0 Å². The van der Waals surface area contributed by atoms with E-state index in [0.717, 1.165) is 15.3 Å². The number of ether oxygens (including phenoxy) is 1. The molecule has 1 unspecified atom stereocenters. The molecule has 9 heteroatoms. The molecule has 0 fully saturated rings. The molecule has 1 heterocycles. The molecule has 0 bridgehead atoms. The number of rotatable bonds is 6. The molecule has 2 aromatic carbocycles. The number of carbonyl (C=O) groups is 2. The number of amides is 2. The van der Waals surface area contributed by atoms with Gasteiger partial charge in [-0.15, -0.1) is 0 Å². The summed E-state index contributed by atoms with van der Waals surface area (Å²) in [5.41, 5.74) is 6.52. The highest BCUT2D eigenvalue weighted by molar-refractivity contribution is 7.92. The highest BCUT2D eigenvalue weighted by atomic mass is 32.2. The van der Waals surface area contributed by atoms with E-state index in [2.05, 4.69) is 0 Å². The largest absolute Gasteiger partial charge is 0.477 e. The van der Waals surface area contributed by atoms with Crippen molar-refractivity contribution in [3.05, 3.63) is 65.6 Å². The van der Waals surface area contributed by atoms with Gasteiger partial charge in [0.15, 0.2) is 6.10 Å². The Morgan fingerprint density at radius 2 is 1.83 bits per heavy atom. The van der Waals surface area contributed by atoms with Gasteiger partial charge in [-0.25, -0.2) is 8.42 Å². The van der Waals surface area contributed by atoms with Gasteiger partial charge in [0, 0.05) is 12.5 Å². The van der Waals surface area contributed by atoms with Gasteiger partial charge < -0.3 is 15.4 Å². The van der Waals surface area contributed by atoms with Crippen LogP contribution in [-0.2, 0) is 19.6 Å². The smallest absolute Gasteiger partial charge is 0.260 e. The quantitative estimate of drug-likeness (QED) is 0.762. The van der Waals surface area contributed by atoms with Crippen molar-refractivity contribution in [1.82, 2.24) is 4.31 Å². The molecule has 0 radical (unpaired) electrons. The lowest BCUT2D eigenvalue weighted by molar-refractivity contribution is -0.125. The molecule has 2 amide bonds. The Balaban J connectivity index is 1.76. The highest BCUT2D eigenvalue weighted by Gasteiger charge is 2.33. The van der Waals surface area contributed by atoms with E-state index in [9.17, 15) is 18.0 Å². The Bertz CT molecular complexity index is 1040. The summed E-state index contributed by atoms with van der Waals surface area (Å²) in [6, 6.07) is 15.7. The van der Waals surface area contributed by atoms with Crippen LogP contribution in [-0.4, -0.2) is 50.8 Å². The zero-order valence-corrected chi connectivity index (χ0v) is 16.6. The van der Waals surface area contributed by atoms with Crippen LogP contribution >= 0.6 is 0 Å². The predicted octanol–water partition coefficient (Wildman–Crippen LogP) is 1.20. The fourth-order valence-electron chi connectivity index (χ4n) is 2.82. The maximum atomic E-state index is 12.8. The lowest BCUT2D eigenvalue weighted by atomic mass is 10.1. The SMILES string of the molecule is CN(CC(=O)N1CC(C(N)=O)Oc2ccccc21)S(=O)(=O)C=Cc1ccccc1. The summed E-state index contributed by atoms with van der Waals surface area (Å²) in [5.74, 6) is -0.861. The van der Waals surface area contributed by atoms with Crippen molar-refractivity contribution in [2.24, 2.45) is 5.73 Å². The second kappa shape index (κ2) is 8.46. The Morgan fingerprint density at radius 1 is 1.17 bits per heavy atom. The molecule has 0 aliphatic carbocycles. The van der Waals surface area contributed by atoms with Crippen molar-refractivity contribution in [1.29, 1.82) is 0 Å². The van der Waals surface area contributed by atoms with Gasteiger partial charge in [0.05, 0.1) is 18.8 Å². The van der Waals surface area contributed by atoms with E-state index in [1.165, 1.54) is 18.0 Å². The number of fused-ring (bicyclic) bond motifs is 1. The number of nitrogens with two attached hydrogens (primary N) is 1. The minimum Gasteiger partial charge on any atom is -0.477 e. The maximum Gasteiger partial charge on any atom is 0.260 e. The number of hydrogen-bond donors (Lipinski definition) is 1. The fraction of sp³-hybridized carbons (Fsp3) is 0.200.